The van der Waals surface area contributed by atoms with Crippen molar-refractivity contribution in [3.63, 3.8) is 0 Å². The van der Waals surface area contributed by atoms with Crippen molar-refractivity contribution in [1.82, 2.24) is 9.88 Å². The third-order valence-electron chi connectivity index (χ3n) is 6.76. The molecule has 0 fully saturated rings. The molecule has 1 unspecified atom stereocenters. The van der Waals surface area contributed by atoms with E-state index in [0.717, 1.165) is 61.7 Å². The highest BCUT2D eigenvalue weighted by Crippen LogP contribution is 2.38. The molecule has 160 valence electrons. The summed E-state index contributed by atoms with van der Waals surface area (Å²) in [5, 5.41) is 2.01. The number of anilines is 1. The van der Waals surface area contributed by atoms with Crippen molar-refractivity contribution in [1.29, 1.82) is 0 Å². The Kier molecular flexibility index (Phi) is 5.59. The van der Waals surface area contributed by atoms with Gasteiger partial charge < -0.3 is 9.88 Å². The molecule has 0 saturated heterocycles. The molecule has 0 saturated carbocycles. The topological polar surface area (TPSA) is 39.3 Å². The van der Waals surface area contributed by atoms with Gasteiger partial charge in [0.25, 0.3) is 0 Å². The predicted octanol–water partition coefficient (Wildman–Crippen LogP) is 5.84. The normalized spacial score (nSPS) is 19.0. The third kappa shape index (κ3) is 4.02. The fourth-order valence-electron chi connectivity index (χ4n) is 5.12. The van der Waals surface area contributed by atoms with Crippen LogP contribution in [0.1, 0.15) is 43.2 Å². The second-order valence-electron chi connectivity index (χ2n) is 8.70. The summed E-state index contributed by atoms with van der Waals surface area (Å²) in [7, 11) is 0. The monoisotopic (exact) mass is 433 g/mol. The van der Waals surface area contributed by atoms with Crippen molar-refractivity contribution in [3.8, 4) is 0 Å². The minimum Gasteiger partial charge on any atom is -0.361 e. The van der Waals surface area contributed by atoms with Gasteiger partial charge >= 0.3 is 0 Å². The Bertz CT molecular complexity index is 1150. The third-order valence-corrected chi connectivity index (χ3v) is 7.00. The quantitative estimate of drug-likeness (QED) is 0.548. The summed E-state index contributed by atoms with van der Waals surface area (Å²) >= 11 is 6.12. The smallest absolute Gasteiger partial charge is 0.223 e. The summed E-state index contributed by atoms with van der Waals surface area (Å²) in [5.41, 5.74) is 6.26. The van der Waals surface area contributed by atoms with Gasteiger partial charge in [-0.15, -0.1) is 0 Å². The highest BCUT2D eigenvalue weighted by molar-refractivity contribution is 6.31. The maximum absolute atomic E-state index is 12.0. The number of amides is 1. The summed E-state index contributed by atoms with van der Waals surface area (Å²) in [4.78, 5) is 19.8. The number of halogens is 1. The van der Waals surface area contributed by atoms with E-state index in [1.54, 1.807) is 6.92 Å². The highest BCUT2D eigenvalue weighted by Gasteiger charge is 2.30. The summed E-state index contributed by atoms with van der Waals surface area (Å²) in [6, 6.07) is 14.4. The lowest BCUT2D eigenvalue weighted by molar-refractivity contribution is -0.116. The number of hydrogen-bond acceptors (Lipinski definition) is 2. The standard InChI is InChI=1S/C26H28ClN3O/c1-18(31)30-17-20(22-6-2-3-7-26(22)30)5-4-12-29-13-10-19(11-14-29)24-16-28-25-15-21(27)8-9-23(24)25/h2-3,6-10,15-16,20,28H,4-5,11-14,17H2,1H3. The van der Waals surface area contributed by atoms with Crippen LogP contribution in [0.15, 0.2) is 54.7 Å². The van der Waals surface area contributed by atoms with Gasteiger partial charge in [0.1, 0.15) is 0 Å². The van der Waals surface area contributed by atoms with Crippen molar-refractivity contribution in [2.75, 3.05) is 31.1 Å². The van der Waals surface area contributed by atoms with Crippen LogP contribution in [0.4, 0.5) is 5.69 Å². The SMILES string of the molecule is CC(=O)N1CC(CCCN2CC=C(c3c[nH]c4cc(Cl)ccc34)CC2)c2ccccc21. The molecule has 0 bridgehead atoms. The number of carbonyl (C=O) groups is 1. The summed E-state index contributed by atoms with van der Waals surface area (Å²) in [6.45, 7) is 5.68. The van der Waals surface area contributed by atoms with Crippen molar-refractivity contribution >= 4 is 39.7 Å². The number of para-hydroxylation sites is 1. The number of aromatic nitrogens is 1. The van der Waals surface area contributed by atoms with Crippen LogP contribution in [0, 0.1) is 0 Å². The molecule has 31 heavy (non-hydrogen) atoms. The zero-order valence-corrected chi connectivity index (χ0v) is 18.7. The van der Waals surface area contributed by atoms with Crippen LogP contribution in [-0.4, -0.2) is 42.0 Å². The Morgan fingerprint density at radius 3 is 2.90 bits per heavy atom. The average molecular weight is 434 g/mol. The number of fused-ring (bicyclic) bond motifs is 2. The maximum atomic E-state index is 12.0. The Morgan fingerprint density at radius 1 is 1.23 bits per heavy atom. The molecule has 4 nitrogen and oxygen atoms in total. The van der Waals surface area contributed by atoms with Crippen LogP contribution in [0.3, 0.4) is 0 Å². The first kappa shape index (κ1) is 20.3. The first-order valence-corrected chi connectivity index (χ1v) is 11.5. The number of nitrogens with one attached hydrogen (secondary N) is 1. The fraction of sp³-hybridized carbons (Fsp3) is 0.346. The van der Waals surface area contributed by atoms with E-state index >= 15 is 0 Å². The first-order chi connectivity index (χ1) is 15.1. The molecule has 5 heteroatoms. The van der Waals surface area contributed by atoms with Gasteiger partial charge in [-0.2, -0.15) is 0 Å². The Balaban J connectivity index is 1.18. The molecular weight excluding hydrogens is 406 g/mol. The van der Waals surface area contributed by atoms with Gasteiger partial charge in [-0.25, -0.2) is 0 Å². The van der Waals surface area contributed by atoms with E-state index in [1.807, 2.05) is 23.1 Å². The van der Waals surface area contributed by atoms with Crippen LogP contribution in [-0.2, 0) is 4.79 Å². The number of nitrogens with zero attached hydrogens (tertiary/aromatic N) is 2. The van der Waals surface area contributed by atoms with Gasteiger partial charge in [0.05, 0.1) is 0 Å². The molecule has 0 spiro atoms. The van der Waals surface area contributed by atoms with E-state index in [1.165, 1.54) is 22.1 Å². The number of benzene rings is 2. The zero-order chi connectivity index (χ0) is 21.4. The van der Waals surface area contributed by atoms with E-state index in [4.69, 9.17) is 11.6 Å². The second-order valence-corrected chi connectivity index (χ2v) is 9.14. The molecular formula is C26H28ClN3O. The van der Waals surface area contributed by atoms with E-state index in [0.29, 0.717) is 5.92 Å². The van der Waals surface area contributed by atoms with Gasteiger partial charge in [-0.3, -0.25) is 9.69 Å². The van der Waals surface area contributed by atoms with Crippen molar-refractivity contribution in [2.24, 2.45) is 0 Å². The summed E-state index contributed by atoms with van der Waals surface area (Å²) in [6.07, 6.45) is 7.83. The molecule has 2 aromatic carbocycles. The largest absolute Gasteiger partial charge is 0.361 e. The zero-order valence-electron chi connectivity index (χ0n) is 17.9. The Hall–Kier alpha value is -2.56. The molecule has 0 radical (unpaired) electrons. The van der Waals surface area contributed by atoms with Crippen LogP contribution in [0.2, 0.25) is 5.02 Å². The van der Waals surface area contributed by atoms with E-state index in [-0.39, 0.29) is 5.91 Å². The van der Waals surface area contributed by atoms with Gasteiger partial charge in [-0.1, -0.05) is 41.9 Å². The Labute approximate surface area is 188 Å². The number of H-pyrrole nitrogens is 1. The molecule has 2 aliphatic rings. The number of aromatic amines is 1. The fourth-order valence-corrected chi connectivity index (χ4v) is 5.30. The maximum Gasteiger partial charge on any atom is 0.223 e. The van der Waals surface area contributed by atoms with Crippen molar-refractivity contribution < 1.29 is 4.79 Å². The molecule has 0 aliphatic carbocycles. The van der Waals surface area contributed by atoms with Gasteiger partial charge in [0, 0.05) is 65.8 Å². The van der Waals surface area contributed by atoms with Crippen molar-refractivity contribution in [2.45, 2.75) is 32.1 Å². The first-order valence-electron chi connectivity index (χ1n) is 11.2. The summed E-state index contributed by atoms with van der Waals surface area (Å²) < 4.78 is 0. The van der Waals surface area contributed by atoms with E-state index in [2.05, 4.69) is 46.4 Å². The van der Waals surface area contributed by atoms with E-state index < -0.39 is 0 Å². The minimum absolute atomic E-state index is 0.142. The Morgan fingerprint density at radius 2 is 2.10 bits per heavy atom. The minimum atomic E-state index is 0.142. The summed E-state index contributed by atoms with van der Waals surface area (Å²) in [5.74, 6) is 0.595. The molecule has 1 atom stereocenters. The lowest BCUT2D eigenvalue weighted by atomic mass is 9.95. The second kappa shape index (κ2) is 8.52. The van der Waals surface area contributed by atoms with Crippen LogP contribution in [0.5, 0.6) is 0 Å². The molecule has 1 aromatic heterocycles. The van der Waals surface area contributed by atoms with Crippen LogP contribution in [0.25, 0.3) is 16.5 Å². The molecule has 1 N–H and O–H groups in total. The molecule has 2 aliphatic heterocycles. The average Bonchev–Trinajstić information content (AvgIpc) is 3.36. The van der Waals surface area contributed by atoms with Crippen LogP contribution >= 0.6 is 11.6 Å². The highest BCUT2D eigenvalue weighted by atomic mass is 35.5. The predicted molar refractivity (Wildman–Crippen MR) is 129 cm³/mol. The lowest BCUT2D eigenvalue weighted by Gasteiger charge is -2.26. The number of rotatable bonds is 5. The molecule has 3 aromatic rings. The van der Waals surface area contributed by atoms with E-state index in [9.17, 15) is 4.79 Å². The lowest BCUT2D eigenvalue weighted by Crippen LogP contribution is -2.30. The van der Waals surface area contributed by atoms with Crippen LogP contribution < -0.4 is 4.90 Å². The molecule has 1 amide bonds. The number of carbonyl (C=O) groups excluding carboxylic acids is 1. The van der Waals surface area contributed by atoms with Gasteiger partial charge in [0.2, 0.25) is 5.91 Å². The number of hydrogen-bond donors (Lipinski definition) is 1. The van der Waals surface area contributed by atoms with Gasteiger partial charge in [-0.05, 0) is 55.1 Å². The molecule has 3 heterocycles. The van der Waals surface area contributed by atoms with Gasteiger partial charge in [0.15, 0.2) is 0 Å². The van der Waals surface area contributed by atoms with Crippen molar-refractivity contribution in [3.05, 3.63) is 70.9 Å². The molecule has 5 rings (SSSR count).